The maximum absolute atomic E-state index is 13.1. The van der Waals surface area contributed by atoms with E-state index in [0.717, 1.165) is 12.8 Å². The summed E-state index contributed by atoms with van der Waals surface area (Å²) in [6.07, 6.45) is 2.06. The van der Waals surface area contributed by atoms with E-state index in [4.69, 9.17) is 26.8 Å². The molecular formula is C22H20ClN3O4S. The van der Waals surface area contributed by atoms with Crippen LogP contribution in [0, 0.1) is 17.2 Å². The number of methoxy groups -OCH3 is 1. The Morgan fingerprint density at radius 1 is 1.32 bits per heavy atom. The van der Waals surface area contributed by atoms with Gasteiger partial charge in [0, 0.05) is 5.70 Å². The van der Waals surface area contributed by atoms with Crippen LogP contribution in [-0.4, -0.2) is 25.7 Å². The number of ether oxygens (including phenoxy) is 2. The molecule has 2 aromatic rings. The van der Waals surface area contributed by atoms with Gasteiger partial charge < -0.3 is 20.5 Å². The van der Waals surface area contributed by atoms with Crippen molar-refractivity contribution in [3.63, 3.8) is 0 Å². The number of nitriles is 1. The van der Waals surface area contributed by atoms with Crippen molar-refractivity contribution in [2.45, 2.75) is 25.7 Å². The number of rotatable bonds is 5. The molecule has 7 nitrogen and oxygen atoms in total. The average Bonchev–Trinajstić information content (AvgIpc) is 3.48. The zero-order valence-corrected chi connectivity index (χ0v) is 18.5. The van der Waals surface area contributed by atoms with Gasteiger partial charge in [-0.1, -0.05) is 17.7 Å². The lowest BCUT2D eigenvalue weighted by Crippen LogP contribution is -2.36. The zero-order valence-electron chi connectivity index (χ0n) is 17.0. The van der Waals surface area contributed by atoms with Gasteiger partial charge in [0.1, 0.15) is 11.9 Å². The van der Waals surface area contributed by atoms with Crippen LogP contribution in [0.3, 0.4) is 0 Å². The maximum Gasteiger partial charge on any atom is 0.338 e. The van der Waals surface area contributed by atoms with Gasteiger partial charge in [-0.05, 0) is 48.1 Å². The lowest BCUT2D eigenvalue weighted by atomic mass is 9.81. The minimum absolute atomic E-state index is 0.129. The molecule has 1 aliphatic carbocycles. The van der Waals surface area contributed by atoms with Crippen molar-refractivity contribution in [1.82, 2.24) is 5.32 Å². The second-order valence-electron chi connectivity index (χ2n) is 7.56. The zero-order chi connectivity index (χ0) is 22.3. The number of hydrogen-bond acceptors (Lipinski definition) is 8. The molecule has 1 atom stereocenters. The quantitative estimate of drug-likeness (QED) is 0.658. The smallest absolute Gasteiger partial charge is 0.338 e. The molecule has 1 fully saturated rings. The minimum Gasteiger partial charge on any atom is -0.466 e. The first-order valence-corrected chi connectivity index (χ1v) is 11.0. The third-order valence-corrected chi connectivity index (χ3v) is 6.86. The molecule has 3 N–H and O–H groups in total. The number of hydrogen-bond donors (Lipinski definition) is 2. The van der Waals surface area contributed by atoms with Gasteiger partial charge in [-0.3, -0.25) is 0 Å². The van der Waals surface area contributed by atoms with Gasteiger partial charge in [-0.15, -0.1) is 11.3 Å². The molecule has 1 aliphatic heterocycles. The van der Waals surface area contributed by atoms with Crippen molar-refractivity contribution in [2.75, 3.05) is 13.7 Å². The fraction of sp³-hybridized carbons (Fsp3) is 0.318. The van der Waals surface area contributed by atoms with Crippen LogP contribution < -0.4 is 11.1 Å². The van der Waals surface area contributed by atoms with Crippen LogP contribution in [-0.2, 0) is 19.1 Å². The van der Waals surface area contributed by atoms with Crippen molar-refractivity contribution >= 4 is 45.0 Å². The highest BCUT2D eigenvalue weighted by atomic mass is 35.5. The van der Waals surface area contributed by atoms with Crippen molar-refractivity contribution in [3.8, 4) is 6.07 Å². The van der Waals surface area contributed by atoms with E-state index >= 15 is 0 Å². The summed E-state index contributed by atoms with van der Waals surface area (Å²) in [5.74, 6) is -1.46. The van der Waals surface area contributed by atoms with Gasteiger partial charge in [0.2, 0.25) is 0 Å². The first-order valence-electron chi connectivity index (χ1n) is 9.69. The first kappa shape index (κ1) is 21.2. The van der Waals surface area contributed by atoms with Crippen molar-refractivity contribution < 1.29 is 19.1 Å². The largest absolute Gasteiger partial charge is 0.466 e. The van der Waals surface area contributed by atoms with E-state index in [1.165, 1.54) is 18.4 Å². The Hall–Kier alpha value is -3.02. The summed E-state index contributed by atoms with van der Waals surface area (Å²) in [5, 5.41) is 15.3. The third kappa shape index (κ3) is 3.75. The number of dihydropyridines is 1. The average molecular weight is 458 g/mol. The molecule has 2 aliphatic rings. The lowest BCUT2D eigenvalue weighted by Gasteiger charge is -2.29. The van der Waals surface area contributed by atoms with Gasteiger partial charge >= 0.3 is 11.9 Å². The molecule has 0 bridgehead atoms. The number of thiophene rings is 1. The van der Waals surface area contributed by atoms with Crippen molar-refractivity contribution in [1.29, 1.82) is 5.26 Å². The first-order chi connectivity index (χ1) is 14.9. The molecule has 9 heteroatoms. The van der Waals surface area contributed by atoms with Crippen molar-refractivity contribution in [3.05, 3.63) is 56.3 Å². The molecule has 4 rings (SSSR count). The van der Waals surface area contributed by atoms with Crippen LogP contribution >= 0.6 is 22.9 Å². The van der Waals surface area contributed by atoms with E-state index in [1.807, 2.05) is 5.38 Å². The molecule has 0 spiro atoms. The Balaban J connectivity index is 1.89. The number of benzene rings is 1. The molecule has 1 aromatic carbocycles. The van der Waals surface area contributed by atoms with Crippen LogP contribution in [0.25, 0.3) is 10.1 Å². The molecule has 160 valence electrons. The number of halogens is 1. The van der Waals surface area contributed by atoms with E-state index in [0.29, 0.717) is 44.5 Å². The number of fused-ring (bicyclic) bond motifs is 1. The number of nitrogens with one attached hydrogen (secondary N) is 1. The second kappa shape index (κ2) is 8.25. The highest BCUT2D eigenvalue weighted by Gasteiger charge is 2.40. The van der Waals surface area contributed by atoms with Crippen LogP contribution in [0.15, 0.2) is 40.2 Å². The molecule has 1 saturated carbocycles. The summed E-state index contributed by atoms with van der Waals surface area (Å²) >= 11 is 7.51. The normalized spacial score (nSPS) is 18.6. The number of allylic oxidation sites excluding steroid dienone is 1. The summed E-state index contributed by atoms with van der Waals surface area (Å²) in [5.41, 5.74) is 8.15. The van der Waals surface area contributed by atoms with E-state index in [1.54, 1.807) is 19.1 Å². The topological polar surface area (TPSA) is 114 Å². The molecule has 2 heterocycles. The fourth-order valence-electron chi connectivity index (χ4n) is 3.75. The lowest BCUT2D eigenvalue weighted by molar-refractivity contribution is -0.140. The maximum atomic E-state index is 13.1. The molecule has 0 radical (unpaired) electrons. The molecule has 0 saturated heterocycles. The standard InChI is InChI=1S/C22H20ClN3O4S/c1-10-16(21(27)29-2)17(18(20(25)26-10)22(28)30-8-11-3-4-11)14-9-31-19-12(14)5-6-15(23)13(19)7-24/h5-6,9,11,17,26H,3-4,8,25H2,1-2H3. The second-order valence-corrected chi connectivity index (χ2v) is 8.85. The summed E-state index contributed by atoms with van der Waals surface area (Å²) < 4.78 is 11.2. The summed E-state index contributed by atoms with van der Waals surface area (Å²) in [7, 11) is 1.28. The van der Waals surface area contributed by atoms with Gasteiger partial charge in [0.15, 0.2) is 0 Å². The van der Waals surface area contributed by atoms with Crippen LogP contribution in [0.1, 0.15) is 36.8 Å². The van der Waals surface area contributed by atoms with E-state index in [-0.39, 0.29) is 17.0 Å². The Morgan fingerprint density at radius 2 is 2.06 bits per heavy atom. The number of nitrogens with zero attached hydrogens (tertiary/aromatic N) is 1. The fourth-order valence-corrected chi connectivity index (χ4v) is 5.10. The van der Waals surface area contributed by atoms with Gasteiger partial charge in [0.05, 0.1) is 46.1 Å². The molecule has 1 unspecified atom stereocenters. The SMILES string of the molecule is COC(=O)C1=C(C)NC(N)=C(C(=O)OCC2CC2)C1c1csc2c(C#N)c(Cl)ccc12. The van der Waals surface area contributed by atoms with Crippen LogP contribution in [0.4, 0.5) is 0 Å². The van der Waals surface area contributed by atoms with Gasteiger partial charge in [-0.25, -0.2) is 9.59 Å². The monoisotopic (exact) mass is 457 g/mol. The van der Waals surface area contributed by atoms with Crippen LogP contribution in [0.5, 0.6) is 0 Å². The Labute approximate surface area is 188 Å². The number of carbonyl (C=O) groups is 2. The molecular weight excluding hydrogens is 438 g/mol. The Morgan fingerprint density at radius 3 is 2.71 bits per heavy atom. The van der Waals surface area contributed by atoms with E-state index in [9.17, 15) is 14.9 Å². The Bertz CT molecular complexity index is 1200. The number of carbonyl (C=O) groups excluding carboxylic acids is 2. The van der Waals surface area contributed by atoms with Gasteiger partial charge in [0.25, 0.3) is 0 Å². The van der Waals surface area contributed by atoms with E-state index < -0.39 is 17.9 Å². The summed E-state index contributed by atoms with van der Waals surface area (Å²) in [6.45, 7) is 2.02. The van der Waals surface area contributed by atoms with Gasteiger partial charge in [-0.2, -0.15) is 5.26 Å². The minimum atomic E-state index is -0.804. The van der Waals surface area contributed by atoms with E-state index in [2.05, 4.69) is 11.4 Å². The van der Waals surface area contributed by atoms with Crippen molar-refractivity contribution in [2.24, 2.45) is 11.7 Å². The number of nitrogens with two attached hydrogens (primary N) is 1. The highest BCUT2D eigenvalue weighted by Crippen LogP contribution is 2.45. The highest BCUT2D eigenvalue weighted by molar-refractivity contribution is 7.17. The third-order valence-electron chi connectivity index (χ3n) is 5.51. The molecule has 1 aromatic heterocycles. The predicted molar refractivity (Wildman–Crippen MR) is 117 cm³/mol. The molecule has 31 heavy (non-hydrogen) atoms. The van der Waals surface area contributed by atoms with Crippen LogP contribution in [0.2, 0.25) is 5.02 Å². The molecule has 0 amide bonds. The Kier molecular flexibility index (Phi) is 5.65. The number of esters is 2. The summed E-state index contributed by atoms with van der Waals surface area (Å²) in [4.78, 5) is 25.8. The predicted octanol–water partition coefficient (Wildman–Crippen LogP) is 3.68. The summed E-state index contributed by atoms with van der Waals surface area (Å²) in [6, 6.07) is 5.53.